The molecule has 4 heterocycles. The molecular weight excluding hydrogens is 589 g/mol. The van der Waals surface area contributed by atoms with E-state index in [1.54, 1.807) is 12.4 Å². The molecule has 6 heteroatoms. The number of hydrogen-bond donors (Lipinski definition) is 0. The van der Waals surface area contributed by atoms with Crippen LogP contribution in [0.1, 0.15) is 79.3 Å². The number of aromatic nitrogens is 6. The molecule has 0 unspecified atom stereocenters. The van der Waals surface area contributed by atoms with Crippen molar-refractivity contribution in [1.82, 2.24) is 29.9 Å². The lowest BCUT2D eigenvalue weighted by molar-refractivity contribution is 0.543. The van der Waals surface area contributed by atoms with Crippen molar-refractivity contribution in [2.75, 3.05) is 0 Å². The molecule has 2 aromatic carbocycles. The van der Waals surface area contributed by atoms with Gasteiger partial charge in [-0.05, 0) is 46.2 Å². The smallest absolute Gasteiger partial charge is 0.163 e. The van der Waals surface area contributed by atoms with Gasteiger partial charge in [0.25, 0.3) is 0 Å². The van der Waals surface area contributed by atoms with E-state index in [0.717, 1.165) is 40.0 Å². The maximum atomic E-state index is 4.68. The summed E-state index contributed by atoms with van der Waals surface area (Å²) in [5.41, 5.74) is 6.64. The van der Waals surface area contributed by atoms with E-state index in [1.807, 2.05) is 103 Å². The Morgan fingerprint density at radius 2 is 0.917 bits per heavy atom. The van der Waals surface area contributed by atoms with Crippen molar-refractivity contribution < 1.29 is 0 Å². The first-order valence-electron chi connectivity index (χ1n) is 16.4. The highest BCUT2D eigenvalue weighted by Crippen LogP contribution is 2.26. The van der Waals surface area contributed by atoms with Crippen molar-refractivity contribution in [3.8, 4) is 34.2 Å². The van der Waals surface area contributed by atoms with E-state index in [1.165, 1.54) is 11.1 Å². The minimum absolute atomic E-state index is 0.129. The minimum atomic E-state index is -0.129. The first-order valence-corrected chi connectivity index (χ1v) is 16.4. The lowest BCUT2D eigenvalue weighted by Gasteiger charge is -2.18. The summed E-state index contributed by atoms with van der Waals surface area (Å²) < 4.78 is 0. The largest absolute Gasteiger partial charge is 0.264 e. The molecule has 0 bridgehead atoms. The van der Waals surface area contributed by atoms with E-state index >= 15 is 0 Å². The molecule has 0 aliphatic carbocycles. The monoisotopic (exact) mass is 636 g/mol. The van der Waals surface area contributed by atoms with E-state index in [-0.39, 0.29) is 16.2 Å². The van der Waals surface area contributed by atoms with Gasteiger partial charge in [0.15, 0.2) is 11.6 Å². The van der Waals surface area contributed by atoms with Gasteiger partial charge in [-0.1, -0.05) is 141 Å². The molecule has 0 atom stereocenters. The van der Waals surface area contributed by atoms with Gasteiger partial charge in [0.05, 0.1) is 11.4 Å². The molecule has 6 nitrogen and oxygen atoms in total. The van der Waals surface area contributed by atoms with E-state index in [4.69, 9.17) is 0 Å². The summed E-state index contributed by atoms with van der Waals surface area (Å²) in [4.78, 5) is 26.8. The van der Waals surface area contributed by atoms with Crippen LogP contribution in [0.2, 0.25) is 0 Å². The Balaban J connectivity index is 0.000000175. The molecule has 0 aliphatic rings. The maximum absolute atomic E-state index is 4.68. The molecule has 0 saturated heterocycles. The Morgan fingerprint density at radius 3 is 1.31 bits per heavy atom. The van der Waals surface area contributed by atoms with Crippen LogP contribution in [0.4, 0.5) is 0 Å². The fourth-order valence-corrected chi connectivity index (χ4v) is 4.45. The predicted octanol–water partition coefficient (Wildman–Crippen LogP) is 10.3. The molecule has 0 N–H and O–H groups in total. The molecule has 0 saturated carbocycles. The molecule has 6 rings (SSSR count). The molecule has 0 fully saturated rings. The Morgan fingerprint density at radius 1 is 0.396 bits per heavy atom. The van der Waals surface area contributed by atoms with Gasteiger partial charge in [-0.3, -0.25) is 15.0 Å². The maximum Gasteiger partial charge on any atom is 0.163 e. The van der Waals surface area contributed by atoms with Crippen LogP contribution in [-0.4, -0.2) is 29.9 Å². The van der Waals surface area contributed by atoms with Crippen LogP contribution in [0.25, 0.3) is 34.2 Å². The molecule has 48 heavy (non-hydrogen) atoms. The van der Waals surface area contributed by atoms with E-state index < -0.39 is 0 Å². The van der Waals surface area contributed by atoms with E-state index in [9.17, 15) is 0 Å². The minimum Gasteiger partial charge on any atom is -0.264 e. The van der Waals surface area contributed by atoms with Crippen molar-refractivity contribution >= 4 is 0 Å². The normalized spacial score (nSPS) is 11.4. The fraction of sp³-hybridized carbons (Fsp3) is 0.286. The highest BCUT2D eigenvalue weighted by atomic mass is 15.0. The van der Waals surface area contributed by atoms with Crippen LogP contribution in [0, 0.1) is 0 Å². The van der Waals surface area contributed by atoms with Gasteiger partial charge in [0.1, 0.15) is 5.82 Å². The SMILES string of the molecule is CC(C)(C)c1ccc(-c2ccccn2)nc1.CC(C)(C)c1cccnc1.CC(C)(C)c1nc(-c2ccccc2)nc(-c2ccccc2)n1. The first-order chi connectivity index (χ1) is 22.7. The van der Waals surface area contributed by atoms with Crippen LogP contribution in [0.3, 0.4) is 0 Å². The molecular formula is C42H48N6. The lowest BCUT2D eigenvalue weighted by atomic mass is 9.88. The third-order valence-corrected chi connectivity index (χ3v) is 7.45. The van der Waals surface area contributed by atoms with Crippen LogP contribution in [-0.2, 0) is 16.2 Å². The van der Waals surface area contributed by atoms with Crippen molar-refractivity contribution in [3.05, 3.63) is 145 Å². The van der Waals surface area contributed by atoms with Crippen molar-refractivity contribution in [1.29, 1.82) is 0 Å². The summed E-state index contributed by atoms with van der Waals surface area (Å²) in [6.45, 7) is 19.5. The molecule has 0 radical (unpaired) electrons. The predicted molar refractivity (Wildman–Crippen MR) is 199 cm³/mol. The number of rotatable bonds is 3. The molecule has 0 spiro atoms. The van der Waals surface area contributed by atoms with E-state index in [0.29, 0.717) is 0 Å². The van der Waals surface area contributed by atoms with Gasteiger partial charge in [-0.2, -0.15) is 0 Å². The van der Waals surface area contributed by atoms with E-state index in [2.05, 4.69) is 104 Å². The molecule has 0 aliphatic heterocycles. The summed E-state index contributed by atoms with van der Waals surface area (Å²) in [7, 11) is 0. The lowest BCUT2D eigenvalue weighted by Crippen LogP contribution is -2.18. The third-order valence-electron chi connectivity index (χ3n) is 7.45. The highest BCUT2D eigenvalue weighted by molar-refractivity contribution is 5.61. The average molecular weight is 637 g/mol. The molecule has 4 aromatic heterocycles. The van der Waals surface area contributed by atoms with Crippen LogP contribution >= 0.6 is 0 Å². The Labute approximate surface area is 286 Å². The zero-order valence-electron chi connectivity index (χ0n) is 29.8. The Bertz CT molecular complexity index is 1760. The average Bonchev–Trinajstić information content (AvgIpc) is 3.09. The van der Waals surface area contributed by atoms with Gasteiger partial charge in [0.2, 0.25) is 0 Å². The van der Waals surface area contributed by atoms with Gasteiger partial charge in [0, 0.05) is 41.3 Å². The van der Waals surface area contributed by atoms with Crippen molar-refractivity contribution in [3.63, 3.8) is 0 Å². The summed E-state index contributed by atoms with van der Waals surface area (Å²) in [6.07, 6.45) is 7.44. The standard InChI is InChI=1S/C19H19N3.C14H16N2.C9H13N/c1-19(2,3)18-21-16(14-10-6-4-7-11-14)20-17(22-18)15-12-8-5-9-13-15;1-14(2,3)11-7-8-13(16-10-11)12-6-4-5-9-15-12;1-9(2,3)8-5-4-6-10-7-8/h4-13H,1-3H3;4-10H,1-3H3;4-7H,1-3H3. The first kappa shape index (κ1) is 35.7. The molecule has 6 aromatic rings. The second-order valence-electron chi connectivity index (χ2n) is 14.7. The van der Waals surface area contributed by atoms with Crippen molar-refractivity contribution in [2.24, 2.45) is 0 Å². The number of benzene rings is 2. The quantitative estimate of drug-likeness (QED) is 0.192. The second kappa shape index (κ2) is 15.7. The highest BCUT2D eigenvalue weighted by Gasteiger charge is 2.21. The van der Waals surface area contributed by atoms with Gasteiger partial charge < -0.3 is 0 Å². The summed E-state index contributed by atoms with van der Waals surface area (Å²) in [5, 5.41) is 0. The van der Waals surface area contributed by atoms with Gasteiger partial charge in [-0.25, -0.2) is 15.0 Å². The number of pyridine rings is 3. The Kier molecular flexibility index (Phi) is 11.7. The van der Waals surface area contributed by atoms with Gasteiger partial charge >= 0.3 is 0 Å². The number of hydrogen-bond acceptors (Lipinski definition) is 6. The van der Waals surface area contributed by atoms with Crippen molar-refractivity contribution in [2.45, 2.75) is 78.6 Å². The van der Waals surface area contributed by atoms with Crippen LogP contribution < -0.4 is 0 Å². The zero-order chi connectivity index (χ0) is 34.8. The second-order valence-corrected chi connectivity index (χ2v) is 14.7. The zero-order valence-corrected chi connectivity index (χ0v) is 29.8. The van der Waals surface area contributed by atoms with Crippen LogP contribution in [0.15, 0.2) is 128 Å². The number of nitrogens with zero attached hydrogens (tertiary/aromatic N) is 6. The summed E-state index contributed by atoms with van der Waals surface area (Å²) in [6, 6.07) is 34.2. The molecule has 246 valence electrons. The Hall–Kier alpha value is -5.10. The molecule has 0 amide bonds. The summed E-state index contributed by atoms with van der Waals surface area (Å²) >= 11 is 0. The fourth-order valence-electron chi connectivity index (χ4n) is 4.45. The topological polar surface area (TPSA) is 77.3 Å². The van der Waals surface area contributed by atoms with Crippen LogP contribution in [0.5, 0.6) is 0 Å². The third kappa shape index (κ3) is 10.5. The van der Waals surface area contributed by atoms with Gasteiger partial charge in [-0.15, -0.1) is 0 Å². The summed E-state index contributed by atoms with van der Waals surface area (Å²) in [5.74, 6) is 2.25.